The Morgan fingerprint density at radius 2 is 2.20 bits per heavy atom. The van der Waals surface area contributed by atoms with Gasteiger partial charge in [0, 0.05) is 25.0 Å². The van der Waals surface area contributed by atoms with Crippen molar-refractivity contribution >= 4 is 5.69 Å². The molecule has 1 aromatic rings. The van der Waals surface area contributed by atoms with Gasteiger partial charge in [-0.05, 0) is 11.6 Å². The average molecular weight is 204 g/mol. The van der Waals surface area contributed by atoms with Crippen molar-refractivity contribution in [2.75, 3.05) is 25.0 Å². The lowest BCUT2D eigenvalue weighted by Crippen LogP contribution is -2.41. The monoisotopic (exact) mass is 204 g/mol. The fourth-order valence-corrected chi connectivity index (χ4v) is 2.49. The molecule has 0 fully saturated rings. The Morgan fingerprint density at radius 3 is 3.00 bits per heavy atom. The van der Waals surface area contributed by atoms with Crippen LogP contribution in [0.3, 0.4) is 0 Å². The molecule has 0 saturated carbocycles. The van der Waals surface area contributed by atoms with Crippen molar-refractivity contribution in [1.82, 2.24) is 5.32 Å². The summed E-state index contributed by atoms with van der Waals surface area (Å²) < 4.78 is 13.5. The van der Waals surface area contributed by atoms with Gasteiger partial charge in [0.25, 0.3) is 0 Å². The number of hydrogen-bond donors (Lipinski definition) is 2. The summed E-state index contributed by atoms with van der Waals surface area (Å²) in [5, 5.41) is 6.49. The zero-order valence-corrected chi connectivity index (χ0v) is 8.39. The summed E-state index contributed by atoms with van der Waals surface area (Å²) in [5.41, 5.74) is 1.70. The molecule has 2 nitrogen and oxygen atoms in total. The van der Waals surface area contributed by atoms with Crippen LogP contribution in [0.1, 0.15) is 5.56 Å². The lowest BCUT2D eigenvalue weighted by atomic mass is 9.80. The molecule has 2 N–H and O–H groups in total. The number of nitrogens with one attached hydrogen (secondary N) is 2. The third-order valence-electron chi connectivity index (χ3n) is 3.27. The summed E-state index contributed by atoms with van der Waals surface area (Å²) in [6.07, 6.45) is 4.31. The summed E-state index contributed by atoms with van der Waals surface area (Å²) in [4.78, 5) is 0. The molecule has 0 amide bonds. The molecule has 0 bridgehead atoms. The zero-order valence-electron chi connectivity index (χ0n) is 8.39. The molecule has 2 aliphatic rings. The topological polar surface area (TPSA) is 24.1 Å². The second-order valence-electron chi connectivity index (χ2n) is 4.21. The molecule has 15 heavy (non-hydrogen) atoms. The maximum absolute atomic E-state index is 13.5. The molecule has 0 aliphatic carbocycles. The van der Waals surface area contributed by atoms with Gasteiger partial charge in [-0.2, -0.15) is 0 Å². The third kappa shape index (κ3) is 1.20. The van der Waals surface area contributed by atoms with Gasteiger partial charge in [0.1, 0.15) is 5.82 Å². The molecule has 1 atom stereocenters. The maximum atomic E-state index is 13.5. The number of anilines is 1. The maximum Gasteiger partial charge on any atom is 0.146 e. The van der Waals surface area contributed by atoms with Gasteiger partial charge in [0.05, 0.1) is 5.69 Å². The molecule has 1 aromatic carbocycles. The predicted octanol–water partition coefficient (Wildman–Crippen LogP) is 1.65. The van der Waals surface area contributed by atoms with Crippen LogP contribution < -0.4 is 10.6 Å². The van der Waals surface area contributed by atoms with Crippen molar-refractivity contribution < 1.29 is 4.39 Å². The van der Waals surface area contributed by atoms with E-state index in [1.165, 1.54) is 6.07 Å². The van der Waals surface area contributed by atoms with Crippen molar-refractivity contribution in [1.29, 1.82) is 0 Å². The van der Waals surface area contributed by atoms with Crippen LogP contribution in [-0.4, -0.2) is 19.6 Å². The molecule has 3 rings (SSSR count). The molecule has 2 heterocycles. The first-order valence-corrected chi connectivity index (χ1v) is 5.23. The first-order chi connectivity index (χ1) is 7.32. The third-order valence-corrected chi connectivity index (χ3v) is 3.27. The van der Waals surface area contributed by atoms with Crippen molar-refractivity contribution in [3.63, 3.8) is 0 Å². The van der Waals surface area contributed by atoms with E-state index in [9.17, 15) is 4.39 Å². The van der Waals surface area contributed by atoms with Gasteiger partial charge in [0.2, 0.25) is 0 Å². The first-order valence-electron chi connectivity index (χ1n) is 5.23. The van der Waals surface area contributed by atoms with Gasteiger partial charge >= 0.3 is 0 Å². The van der Waals surface area contributed by atoms with E-state index < -0.39 is 0 Å². The van der Waals surface area contributed by atoms with E-state index in [1.807, 2.05) is 6.07 Å². The first kappa shape index (κ1) is 8.92. The lowest BCUT2D eigenvalue weighted by molar-refractivity contribution is 0.512. The number of benzene rings is 1. The number of hydrogen-bond acceptors (Lipinski definition) is 2. The Balaban J connectivity index is 2.15. The fourth-order valence-electron chi connectivity index (χ4n) is 2.49. The Bertz CT molecular complexity index is 428. The summed E-state index contributed by atoms with van der Waals surface area (Å²) >= 11 is 0. The number of fused-ring (bicyclic) bond motifs is 2. The van der Waals surface area contributed by atoms with Crippen LogP contribution in [0.2, 0.25) is 0 Å². The van der Waals surface area contributed by atoms with Crippen molar-refractivity contribution in [3.05, 3.63) is 41.7 Å². The summed E-state index contributed by atoms with van der Waals surface area (Å²) in [6, 6.07) is 5.30. The van der Waals surface area contributed by atoms with Crippen molar-refractivity contribution in [3.8, 4) is 0 Å². The normalized spacial score (nSPS) is 27.8. The Kier molecular flexibility index (Phi) is 1.83. The van der Waals surface area contributed by atoms with Crippen LogP contribution in [0, 0.1) is 5.82 Å². The predicted molar refractivity (Wildman–Crippen MR) is 58.6 cm³/mol. The van der Waals surface area contributed by atoms with Crippen LogP contribution in [0.25, 0.3) is 0 Å². The van der Waals surface area contributed by atoms with Gasteiger partial charge in [0.15, 0.2) is 0 Å². The summed E-state index contributed by atoms with van der Waals surface area (Å²) in [5.74, 6) is -0.150. The van der Waals surface area contributed by atoms with E-state index in [2.05, 4.69) is 22.8 Å². The molecule has 0 saturated heterocycles. The minimum Gasteiger partial charge on any atom is -0.381 e. The minimum atomic E-state index is -0.150. The van der Waals surface area contributed by atoms with E-state index in [-0.39, 0.29) is 11.2 Å². The van der Waals surface area contributed by atoms with E-state index in [4.69, 9.17) is 0 Å². The molecule has 2 aliphatic heterocycles. The second-order valence-corrected chi connectivity index (χ2v) is 4.21. The van der Waals surface area contributed by atoms with E-state index in [0.717, 1.165) is 25.2 Å². The van der Waals surface area contributed by atoms with Gasteiger partial charge in [-0.3, -0.25) is 0 Å². The van der Waals surface area contributed by atoms with Crippen molar-refractivity contribution in [2.24, 2.45) is 0 Å². The minimum absolute atomic E-state index is 0.0459. The van der Waals surface area contributed by atoms with Crippen LogP contribution in [-0.2, 0) is 5.41 Å². The van der Waals surface area contributed by atoms with Gasteiger partial charge in [-0.1, -0.05) is 24.3 Å². The second kappa shape index (κ2) is 3.07. The van der Waals surface area contributed by atoms with Gasteiger partial charge in [-0.25, -0.2) is 4.39 Å². The number of para-hydroxylation sites is 1. The highest BCUT2D eigenvalue weighted by atomic mass is 19.1. The van der Waals surface area contributed by atoms with Gasteiger partial charge in [-0.15, -0.1) is 0 Å². The smallest absolute Gasteiger partial charge is 0.146 e. The summed E-state index contributed by atoms with van der Waals surface area (Å²) in [7, 11) is 0. The molecular formula is C12H13FN2. The van der Waals surface area contributed by atoms with Gasteiger partial charge < -0.3 is 10.6 Å². The SMILES string of the molecule is Fc1cccc2c1NC[C@]21C=CCNC1. The molecule has 0 unspecified atom stereocenters. The molecular weight excluding hydrogens is 191 g/mol. The average Bonchev–Trinajstić information content (AvgIpc) is 2.61. The van der Waals surface area contributed by atoms with Crippen LogP contribution >= 0.6 is 0 Å². The highest BCUT2D eigenvalue weighted by Gasteiger charge is 2.38. The van der Waals surface area contributed by atoms with E-state index in [0.29, 0.717) is 5.69 Å². The highest BCUT2D eigenvalue weighted by Crippen LogP contribution is 2.39. The largest absolute Gasteiger partial charge is 0.381 e. The van der Waals surface area contributed by atoms with E-state index >= 15 is 0 Å². The molecule has 3 heteroatoms. The van der Waals surface area contributed by atoms with Crippen molar-refractivity contribution in [2.45, 2.75) is 5.41 Å². The number of rotatable bonds is 0. The lowest BCUT2D eigenvalue weighted by Gasteiger charge is -2.29. The van der Waals surface area contributed by atoms with E-state index in [1.54, 1.807) is 6.07 Å². The summed E-state index contributed by atoms with van der Waals surface area (Å²) in [6.45, 7) is 2.58. The Labute approximate surface area is 88.2 Å². The molecule has 1 spiro atoms. The highest BCUT2D eigenvalue weighted by molar-refractivity contribution is 5.63. The molecule has 78 valence electrons. The molecule has 0 aromatic heterocycles. The Morgan fingerprint density at radius 1 is 1.27 bits per heavy atom. The van der Waals surface area contributed by atoms with Crippen LogP contribution in [0.15, 0.2) is 30.4 Å². The van der Waals surface area contributed by atoms with Crippen LogP contribution in [0.4, 0.5) is 10.1 Å². The molecule has 0 radical (unpaired) electrons. The van der Waals surface area contributed by atoms with Crippen LogP contribution in [0.5, 0.6) is 0 Å². The zero-order chi connectivity index (χ0) is 10.3. The Hall–Kier alpha value is -1.35. The fraction of sp³-hybridized carbons (Fsp3) is 0.333. The number of halogens is 1. The standard InChI is InChI=1S/C12H13FN2/c13-10-4-1-3-9-11(10)15-8-12(9)5-2-6-14-7-12/h1-5,14-15H,6-8H2/t12-/m1/s1. The quantitative estimate of drug-likeness (QED) is 0.628.